The number of carbonyl (C=O) groups is 2. The number of halogens is 6. The highest BCUT2D eigenvalue weighted by Gasteiger charge is 2.87. The maximum absolute atomic E-state index is 12.7. The van der Waals surface area contributed by atoms with Gasteiger partial charge < -0.3 is 0 Å². The highest BCUT2D eigenvalue weighted by Crippen LogP contribution is 2.77. The SMILES string of the molecule is C=C(C)CN1C(=O)[C@H]2[C@H](C1=O)[C@@]1(Cl)C(Cl)=C(Cl)[C@@]2(Cl)C1(Cl)Cl. The number of hydrogen-bond donors (Lipinski definition) is 0. The lowest BCUT2D eigenvalue weighted by Gasteiger charge is -2.34. The summed E-state index contributed by atoms with van der Waals surface area (Å²) in [7, 11) is 0. The van der Waals surface area contributed by atoms with E-state index in [4.69, 9.17) is 69.6 Å². The van der Waals surface area contributed by atoms with Crippen LogP contribution in [-0.4, -0.2) is 37.3 Å². The number of hydrogen-bond acceptors (Lipinski definition) is 2. The van der Waals surface area contributed by atoms with Gasteiger partial charge >= 0.3 is 0 Å². The largest absolute Gasteiger partial charge is 0.278 e. The van der Waals surface area contributed by atoms with Crippen LogP contribution >= 0.6 is 69.6 Å². The molecule has 2 aliphatic carbocycles. The van der Waals surface area contributed by atoms with Gasteiger partial charge in [0.05, 0.1) is 21.9 Å². The summed E-state index contributed by atoms with van der Waals surface area (Å²) in [5.74, 6) is -3.18. The second kappa shape index (κ2) is 4.71. The van der Waals surface area contributed by atoms with Crippen LogP contribution in [0.3, 0.4) is 0 Å². The van der Waals surface area contributed by atoms with Crippen LogP contribution in [0.1, 0.15) is 6.92 Å². The molecule has 120 valence electrons. The van der Waals surface area contributed by atoms with E-state index >= 15 is 0 Å². The zero-order valence-corrected chi connectivity index (χ0v) is 15.6. The van der Waals surface area contributed by atoms with Gasteiger partial charge in [-0.05, 0) is 6.92 Å². The molecule has 0 radical (unpaired) electrons. The topological polar surface area (TPSA) is 37.4 Å². The molecule has 3 rings (SSSR count). The standard InChI is InChI=1S/C13H9Cl6NO2/c1-4(2)3-20-9(21)5-6(10(20)22)12(17)8(15)7(14)11(5,16)13(12,18)19/h5-6H,1,3H2,2H3/t5-,6-,11-,12-/m1/s1. The third kappa shape index (κ3) is 1.54. The summed E-state index contributed by atoms with van der Waals surface area (Å²) < 4.78 is -1.88. The molecule has 0 aromatic carbocycles. The van der Waals surface area contributed by atoms with Gasteiger partial charge in [-0.3, -0.25) is 14.5 Å². The van der Waals surface area contributed by atoms with Crippen LogP contribution in [-0.2, 0) is 9.59 Å². The van der Waals surface area contributed by atoms with Crippen molar-refractivity contribution in [1.29, 1.82) is 0 Å². The van der Waals surface area contributed by atoms with Crippen molar-refractivity contribution in [2.24, 2.45) is 11.8 Å². The van der Waals surface area contributed by atoms with Crippen LogP contribution in [0.4, 0.5) is 0 Å². The van der Waals surface area contributed by atoms with Crippen molar-refractivity contribution >= 4 is 81.4 Å². The van der Waals surface area contributed by atoms with Gasteiger partial charge in [0.15, 0.2) is 4.33 Å². The van der Waals surface area contributed by atoms with Crippen molar-refractivity contribution in [3.8, 4) is 0 Å². The number of nitrogens with zero attached hydrogens (tertiary/aromatic N) is 1. The van der Waals surface area contributed by atoms with E-state index < -0.39 is 37.7 Å². The monoisotopic (exact) mass is 421 g/mol. The number of fused-ring (bicyclic) bond motifs is 5. The Hall–Kier alpha value is 0.360. The first kappa shape index (κ1) is 17.2. The average molecular weight is 424 g/mol. The molecule has 0 aromatic rings. The third-order valence-corrected chi connectivity index (χ3v) is 8.69. The lowest BCUT2D eigenvalue weighted by molar-refractivity contribution is -0.140. The Labute approximate surface area is 157 Å². The lowest BCUT2D eigenvalue weighted by atomic mass is 9.84. The molecule has 1 saturated carbocycles. The molecule has 1 saturated heterocycles. The second-order valence-corrected chi connectivity index (χ2v) is 9.08. The van der Waals surface area contributed by atoms with E-state index in [0.29, 0.717) is 5.57 Å². The van der Waals surface area contributed by atoms with Crippen LogP contribution in [0.2, 0.25) is 0 Å². The zero-order chi connectivity index (χ0) is 16.8. The predicted octanol–water partition coefficient (Wildman–Crippen LogP) is 4.01. The lowest BCUT2D eigenvalue weighted by Crippen LogP contribution is -2.50. The van der Waals surface area contributed by atoms with Gasteiger partial charge in [0.25, 0.3) is 0 Å². The van der Waals surface area contributed by atoms with Gasteiger partial charge in [0.2, 0.25) is 11.8 Å². The quantitative estimate of drug-likeness (QED) is 0.382. The Morgan fingerprint density at radius 1 is 1.05 bits per heavy atom. The number of rotatable bonds is 2. The second-order valence-electron chi connectivity index (χ2n) is 5.80. The van der Waals surface area contributed by atoms with Gasteiger partial charge in [-0.15, -0.1) is 23.2 Å². The Bertz CT molecular complexity index is 627. The summed E-state index contributed by atoms with van der Waals surface area (Å²) in [5, 5.41) is -0.175. The fraction of sp³-hybridized carbons (Fsp3) is 0.538. The minimum absolute atomic E-state index is 0.0669. The molecule has 1 aliphatic heterocycles. The number of alkyl halides is 4. The summed E-state index contributed by atoms with van der Waals surface area (Å²) in [5.41, 5.74) is 0.634. The highest BCUT2D eigenvalue weighted by molar-refractivity contribution is 6.66. The molecule has 22 heavy (non-hydrogen) atoms. The minimum atomic E-state index is -1.88. The van der Waals surface area contributed by atoms with Crippen molar-refractivity contribution in [2.45, 2.75) is 21.0 Å². The molecule has 9 heteroatoms. The molecule has 0 N–H and O–H groups in total. The van der Waals surface area contributed by atoms with Crippen LogP contribution in [0.25, 0.3) is 0 Å². The van der Waals surface area contributed by atoms with Crippen molar-refractivity contribution in [3.05, 3.63) is 22.2 Å². The van der Waals surface area contributed by atoms with Crippen LogP contribution in [0.15, 0.2) is 22.2 Å². The molecule has 0 unspecified atom stereocenters. The molecule has 2 bridgehead atoms. The van der Waals surface area contributed by atoms with Crippen molar-refractivity contribution in [3.63, 3.8) is 0 Å². The maximum Gasteiger partial charge on any atom is 0.235 e. The Morgan fingerprint density at radius 2 is 1.41 bits per heavy atom. The molecule has 2 fully saturated rings. The Balaban J connectivity index is 2.21. The van der Waals surface area contributed by atoms with Gasteiger partial charge in [0.1, 0.15) is 9.75 Å². The van der Waals surface area contributed by atoms with Gasteiger partial charge in [-0.25, -0.2) is 0 Å². The number of imide groups is 1. The number of allylic oxidation sites excluding steroid dienone is 2. The number of amides is 2. The molecule has 0 aromatic heterocycles. The fourth-order valence-corrected chi connectivity index (χ4v) is 6.41. The fourth-order valence-electron chi connectivity index (χ4n) is 3.48. The summed E-state index contributed by atoms with van der Waals surface area (Å²) in [6.45, 7) is 5.46. The molecule has 1 heterocycles. The van der Waals surface area contributed by atoms with E-state index in [0.717, 1.165) is 4.90 Å². The van der Waals surface area contributed by atoms with Crippen LogP contribution < -0.4 is 0 Å². The summed E-state index contributed by atoms with van der Waals surface area (Å²) in [6, 6.07) is 0. The molecule has 4 atom stereocenters. The Morgan fingerprint density at radius 3 is 1.73 bits per heavy atom. The van der Waals surface area contributed by atoms with Crippen LogP contribution in [0, 0.1) is 11.8 Å². The van der Waals surface area contributed by atoms with E-state index in [-0.39, 0.29) is 16.6 Å². The average Bonchev–Trinajstić information content (AvgIpc) is 2.78. The highest BCUT2D eigenvalue weighted by atomic mass is 35.5. The molecular formula is C13H9Cl6NO2. The Kier molecular flexibility index (Phi) is 3.68. The van der Waals surface area contributed by atoms with E-state index in [2.05, 4.69) is 6.58 Å². The summed E-state index contributed by atoms with van der Waals surface area (Å²) >= 11 is 38.1. The summed E-state index contributed by atoms with van der Waals surface area (Å²) in [6.07, 6.45) is 0. The molecule has 0 spiro atoms. The molecule has 2 amide bonds. The first-order valence-electron chi connectivity index (χ1n) is 6.25. The van der Waals surface area contributed by atoms with E-state index in [1.807, 2.05) is 0 Å². The zero-order valence-electron chi connectivity index (χ0n) is 11.1. The van der Waals surface area contributed by atoms with Crippen molar-refractivity contribution < 1.29 is 9.59 Å². The minimum Gasteiger partial charge on any atom is -0.278 e. The molecule has 3 aliphatic rings. The van der Waals surface area contributed by atoms with E-state index in [9.17, 15) is 9.59 Å². The van der Waals surface area contributed by atoms with E-state index in [1.54, 1.807) is 6.92 Å². The molecule has 3 nitrogen and oxygen atoms in total. The van der Waals surface area contributed by atoms with Crippen LogP contribution in [0.5, 0.6) is 0 Å². The maximum atomic E-state index is 12.7. The van der Waals surface area contributed by atoms with Crippen molar-refractivity contribution in [1.82, 2.24) is 4.90 Å². The predicted molar refractivity (Wildman–Crippen MR) is 88.9 cm³/mol. The number of likely N-dealkylation sites (tertiary alicyclic amines) is 1. The first-order valence-corrected chi connectivity index (χ1v) is 8.52. The summed E-state index contributed by atoms with van der Waals surface area (Å²) in [4.78, 5) is 23.0. The number of carbonyl (C=O) groups excluding carboxylic acids is 2. The third-order valence-electron chi connectivity index (χ3n) is 4.43. The smallest absolute Gasteiger partial charge is 0.235 e. The van der Waals surface area contributed by atoms with E-state index in [1.165, 1.54) is 0 Å². The van der Waals surface area contributed by atoms with Crippen molar-refractivity contribution in [2.75, 3.05) is 6.54 Å². The molecular weight excluding hydrogens is 415 g/mol. The first-order chi connectivity index (χ1) is 9.94. The van der Waals surface area contributed by atoms with Gasteiger partial charge in [-0.1, -0.05) is 58.6 Å². The van der Waals surface area contributed by atoms with Gasteiger partial charge in [-0.2, -0.15) is 0 Å². The van der Waals surface area contributed by atoms with Gasteiger partial charge in [0, 0.05) is 6.54 Å². The normalized spacial score (nSPS) is 42.4.